The zero-order valence-electron chi connectivity index (χ0n) is 3.86. The lowest BCUT2D eigenvalue weighted by Gasteiger charge is -2.09. The summed E-state index contributed by atoms with van der Waals surface area (Å²) in [5.74, 6) is 0.438. The molecule has 0 atom stereocenters. The summed E-state index contributed by atoms with van der Waals surface area (Å²) in [7, 11) is 0. The van der Waals surface area contributed by atoms with E-state index < -0.39 is 3.98 Å². The Hall–Kier alpha value is 1.18. The van der Waals surface area contributed by atoms with Crippen molar-refractivity contribution >= 4 is 47.4 Å². The molecule has 0 unspecified atom stereocenters. The average molecular weight is 194 g/mol. The molecule has 0 heterocycles. The van der Waals surface area contributed by atoms with Crippen LogP contribution in [0, 0.1) is 0 Å². The van der Waals surface area contributed by atoms with Gasteiger partial charge in [0, 0.05) is 5.75 Å². The second-order valence-corrected chi connectivity index (χ2v) is 3.58. The maximum absolute atomic E-state index is 5.17. The van der Waals surface area contributed by atoms with Crippen molar-refractivity contribution in [1.29, 1.82) is 0 Å². The Bertz CT molecular complexity index is 62.0. The van der Waals surface area contributed by atoms with E-state index in [2.05, 4.69) is 17.4 Å². The van der Waals surface area contributed by atoms with Gasteiger partial charge in [-0.3, -0.25) is 0 Å². The predicted molar refractivity (Wildman–Crippen MR) is 38.7 cm³/mol. The van der Waals surface area contributed by atoms with Crippen LogP contribution in [0.15, 0.2) is 0 Å². The van der Waals surface area contributed by atoms with Crippen LogP contribution < -0.4 is 0 Å². The Labute approximate surface area is 68.6 Å². The smallest absolute Gasteiger partial charge is 0.297 e. The van der Waals surface area contributed by atoms with Crippen LogP contribution >= 0.6 is 47.4 Å². The molecule has 49 valence electrons. The fourth-order valence-corrected chi connectivity index (χ4v) is 0.472. The molecule has 1 nitrogen and oxygen atoms in total. The van der Waals surface area contributed by atoms with Crippen LogP contribution in [0.5, 0.6) is 0 Å². The fraction of sp³-hybridized carbons (Fsp3) is 1.00. The molecule has 0 rings (SSSR count). The van der Waals surface area contributed by atoms with Gasteiger partial charge in [-0.2, -0.15) is 0 Å². The molecule has 0 saturated carbocycles. The molecule has 0 aliphatic rings. The van der Waals surface area contributed by atoms with E-state index in [1.807, 2.05) is 0 Å². The van der Waals surface area contributed by atoms with Crippen LogP contribution in [0.25, 0.3) is 0 Å². The standard InChI is InChI=1S/C3H4Cl3OS/c4-3(5,6)7-1-2-8/h1-2H2. The molecule has 0 amide bonds. The number of ether oxygens (including phenoxy) is 1. The zero-order valence-corrected chi connectivity index (χ0v) is 6.95. The van der Waals surface area contributed by atoms with Gasteiger partial charge in [0.2, 0.25) is 0 Å². The SMILES string of the molecule is [S]CCOC(Cl)(Cl)Cl. The minimum absolute atomic E-state index is 0.297. The molecule has 0 bridgehead atoms. The molecule has 0 spiro atoms. The molecule has 0 aliphatic heterocycles. The summed E-state index contributed by atoms with van der Waals surface area (Å²) in [5, 5.41) is 0. The van der Waals surface area contributed by atoms with Crippen molar-refractivity contribution < 1.29 is 4.74 Å². The van der Waals surface area contributed by atoms with E-state index in [4.69, 9.17) is 34.8 Å². The summed E-state index contributed by atoms with van der Waals surface area (Å²) < 4.78 is 2.97. The van der Waals surface area contributed by atoms with E-state index in [0.29, 0.717) is 12.4 Å². The van der Waals surface area contributed by atoms with Gasteiger partial charge < -0.3 is 4.74 Å². The molecule has 0 aliphatic carbocycles. The summed E-state index contributed by atoms with van der Waals surface area (Å²) in [6, 6.07) is 0. The third kappa shape index (κ3) is 7.18. The monoisotopic (exact) mass is 193 g/mol. The molecule has 0 aromatic heterocycles. The van der Waals surface area contributed by atoms with E-state index in [9.17, 15) is 0 Å². The molecule has 0 aromatic carbocycles. The molecule has 0 fully saturated rings. The van der Waals surface area contributed by atoms with Crippen LogP contribution in [0.4, 0.5) is 0 Å². The quantitative estimate of drug-likeness (QED) is 0.614. The Balaban J connectivity index is 3.11. The van der Waals surface area contributed by atoms with Gasteiger partial charge in [-0.05, 0) is 0 Å². The molecule has 1 radical (unpaired) electrons. The normalized spacial score (nSPS) is 12.0. The lowest BCUT2D eigenvalue weighted by molar-refractivity contribution is 0.146. The van der Waals surface area contributed by atoms with E-state index in [-0.39, 0.29) is 0 Å². The minimum Gasteiger partial charge on any atom is -0.334 e. The molecule has 0 aromatic rings. The van der Waals surface area contributed by atoms with E-state index >= 15 is 0 Å². The first kappa shape index (κ1) is 9.18. The summed E-state index contributed by atoms with van der Waals surface area (Å²) in [4.78, 5) is 0. The maximum Gasteiger partial charge on any atom is 0.297 e. The Morgan fingerprint density at radius 1 is 1.38 bits per heavy atom. The van der Waals surface area contributed by atoms with Crippen molar-refractivity contribution in [2.75, 3.05) is 12.4 Å². The van der Waals surface area contributed by atoms with E-state index in [1.165, 1.54) is 0 Å². The molecular weight excluding hydrogens is 190 g/mol. The minimum atomic E-state index is -1.60. The third-order valence-electron chi connectivity index (χ3n) is 0.349. The second kappa shape index (κ2) is 4.07. The first-order chi connectivity index (χ1) is 3.56. The highest BCUT2D eigenvalue weighted by atomic mass is 35.6. The third-order valence-corrected chi connectivity index (χ3v) is 0.843. The number of halogens is 3. The van der Waals surface area contributed by atoms with Crippen molar-refractivity contribution in [1.82, 2.24) is 0 Å². The van der Waals surface area contributed by atoms with Gasteiger partial charge in [0.05, 0.1) is 6.61 Å². The lowest BCUT2D eigenvalue weighted by atomic mass is 10.9. The highest BCUT2D eigenvalue weighted by Crippen LogP contribution is 2.26. The van der Waals surface area contributed by atoms with Crippen LogP contribution in [0.1, 0.15) is 0 Å². The lowest BCUT2D eigenvalue weighted by Crippen LogP contribution is -2.10. The summed E-state index contributed by atoms with van der Waals surface area (Å²) in [5.41, 5.74) is 0. The van der Waals surface area contributed by atoms with Gasteiger partial charge in [0.25, 0.3) is 3.98 Å². The molecule has 5 heteroatoms. The summed E-state index contributed by atoms with van der Waals surface area (Å²) >= 11 is 20.0. The van der Waals surface area contributed by atoms with Crippen molar-refractivity contribution in [2.24, 2.45) is 0 Å². The fourth-order valence-electron chi connectivity index (χ4n) is 0.157. The molecule has 0 saturated heterocycles. The highest BCUT2D eigenvalue weighted by molar-refractivity contribution is 7.80. The predicted octanol–water partition coefficient (Wildman–Crippen LogP) is 2.53. The number of hydrogen-bond donors (Lipinski definition) is 0. The largest absolute Gasteiger partial charge is 0.334 e. The Kier molecular flexibility index (Phi) is 4.67. The summed E-state index contributed by atoms with van der Waals surface area (Å²) in [6.45, 7) is 0.297. The second-order valence-electron chi connectivity index (χ2n) is 0.998. The molecule has 8 heavy (non-hydrogen) atoms. The first-order valence-corrected chi connectivity index (χ1v) is 3.56. The highest BCUT2D eigenvalue weighted by Gasteiger charge is 2.18. The van der Waals surface area contributed by atoms with Gasteiger partial charge >= 0.3 is 0 Å². The van der Waals surface area contributed by atoms with Crippen molar-refractivity contribution in [3.8, 4) is 0 Å². The van der Waals surface area contributed by atoms with E-state index in [0.717, 1.165) is 0 Å². The van der Waals surface area contributed by atoms with Gasteiger partial charge in [-0.15, -0.1) is 0 Å². The molecular formula is C3H4Cl3OS. The van der Waals surface area contributed by atoms with Crippen LogP contribution in [0.2, 0.25) is 0 Å². The van der Waals surface area contributed by atoms with Crippen LogP contribution in [-0.4, -0.2) is 16.3 Å². The van der Waals surface area contributed by atoms with Gasteiger partial charge in [0.1, 0.15) is 0 Å². The van der Waals surface area contributed by atoms with Gasteiger partial charge in [0.15, 0.2) is 0 Å². The number of alkyl halides is 3. The number of rotatable bonds is 2. The van der Waals surface area contributed by atoms with E-state index in [1.54, 1.807) is 0 Å². The van der Waals surface area contributed by atoms with Crippen molar-refractivity contribution in [3.63, 3.8) is 0 Å². The zero-order chi connectivity index (χ0) is 6.62. The van der Waals surface area contributed by atoms with Gasteiger partial charge in [-0.25, -0.2) is 0 Å². The van der Waals surface area contributed by atoms with Crippen molar-refractivity contribution in [3.05, 3.63) is 0 Å². The topological polar surface area (TPSA) is 9.23 Å². The first-order valence-electron chi connectivity index (χ1n) is 1.85. The Morgan fingerprint density at radius 2 is 1.88 bits per heavy atom. The number of hydrogen-bond acceptors (Lipinski definition) is 1. The maximum atomic E-state index is 5.17. The average Bonchev–Trinajstić information content (AvgIpc) is 1.59. The molecule has 0 N–H and O–H groups in total. The summed E-state index contributed by atoms with van der Waals surface area (Å²) in [6.07, 6.45) is 0. The van der Waals surface area contributed by atoms with Crippen LogP contribution in [0.3, 0.4) is 0 Å². The van der Waals surface area contributed by atoms with Crippen LogP contribution in [-0.2, 0) is 4.74 Å². The van der Waals surface area contributed by atoms with Gasteiger partial charge in [-0.1, -0.05) is 47.4 Å². The van der Waals surface area contributed by atoms with Crippen molar-refractivity contribution in [2.45, 2.75) is 3.98 Å². The Morgan fingerprint density at radius 3 is 2.00 bits per heavy atom.